The molecule has 1 fully saturated rings. The molecule has 1 N–H and O–H groups in total. The van der Waals surface area contributed by atoms with Gasteiger partial charge in [0.15, 0.2) is 0 Å². The number of anilines is 1. The minimum atomic E-state index is -2.42. The third-order valence-corrected chi connectivity index (χ3v) is 4.88. The molecule has 0 radical (unpaired) electrons. The lowest BCUT2D eigenvalue weighted by atomic mass is 10.1. The summed E-state index contributed by atoms with van der Waals surface area (Å²) < 4.78 is 37.0. The van der Waals surface area contributed by atoms with Crippen molar-refractivity contribution in [3.05, 3.63) is 65.0 Å². The van der Waals surface area contributed by atoms with Crippen LogP contribution in [0.2, 0.25) is 0 Å². The highest BCUT2D eigenvalue weighted by Crippen LogP contribution is 2.16. The molecule has 1 unspecified atom stereocenters. The molecule has 3 rings (SSSR count). The van der Waals surface area contributed by atoms with Crippen molar-refractivity contribution in [2.45, 2.75) is 6.92 Å². The molecule has 0 spiro atoms. The average molecular weight is 404 g/mol. The number of amides is 2. The lowest BCUT2D eigenvalue weighted by Gasteiger charge is -2.35. The van der Waals surface area contributed by atoms with Gasteiger partial charge >= 0.3 is 0 Å². The van der Waals surface area contributed by atoms with Gasteiger partial charge in [0, 0.05) is 54.3 Å². The van der Waals surface area contributed by atoms with E-state index in [1.54, 1.807) is 34.9 Å². The number of halogens is 1. The summed E-state index contributed by atoms with van der Waals surface area (Å²) in [7, 11) is 0. The number of piperazine rings is 1. The van der Waals surface area contributed by atoms with Gasteiger partial charge in [-0.1, -0.05) is 0 Å². The fourth-order valence-corrected chi connectivity index (χ4v) is 3.44. The highest BCUT2D eigenvalue weighted by molar-refractivity contribution is 7.80. The van der Waals surface area contributed by atoms with Crippen molar-refractivity contribution < 1.29 is 22.7 Å². The van der Waals surface area contributed by atoms with E-state index in [-0.39, 0.29) is 11.8 Å². The predicted molar refractivity (Wildman–Crippen MR) is 102 cm³/mol. The SMILES string of the molecule is Cc1cc(F)cc(C(=O)N2CCN(C(=O)c3ccc(NS(=O)[O-])cc3)CC2)c1. The maximum Gasteiger partial charge on any atom is 0.254 e. The molecule has 9 heteroatoms. The van der Waals surface area contributed by atoms with Gasteiger partial charge in [-0.2, -0.15) is 0 Å². The number of carbonyl (C=O) groups is 2. The van der Waals surface area contributed by atoms with Gasteiger partial charge in [0.2, 0.25) is 0 Å². The van der Waals surface area contributed by atoms with Crippen molar-refractivity contribution >= 4 is 28.8 Å². The van der Waals surface area contributed by atoms with Crippen molar-refractivity contribution in [3.8, 4) is 0 Å². The second-order valence-electron chi connectivity index (χ2n) is 6.52. The summed E-state index contributed by atoms with van der Waals surface area (Å²) in [6.45, 7) is 3.17. The minimum Gasteiger partial charge on any atom is -0.755 e. The van der Waals surface area contributed by atoms with E-state index in [2.05, 4.69) is 4.72 Å². The van der Waals surface area contributed by atoms with Crippen LogP contribution in [-0.2, 0) is 11.3 Å². The molecule has 28 heavy (non-hydrogen) atoms. The Bertz CT molecular complexity index is 892. The Morgan fingerprint density at radius 2 is 1.50 bits per heavy atom. The number of rotatable bonds is 4. The Morgan fingerprint density at radius 3 is 2.00 bits per heavy atom. The number of nitrogens with zero attached hydrogens (tertiary/aromatic N) is 2. The Morgan fingerprint density at radius 1 is 0.964 bits per heavy atom. The molecule has 0 aliphatic carbocycles. The zero-order valence-electron chi connectivity index (χ0n) is 15.2. The van der Waals surface area contributed by atoms with Crippen LogP contribution in [0, 0.1) is 12.7 Å². The van der Waals surface area contributed by atoms with Crippen LogP contribution in [0.4, 0.5) is 10.1 Å². The molecule has 0 aromatic heterocycles. The van der Waals surface area contributed by atoms with Crippen molar-refractivity contribution in [3.63, 3.8) is 0 Å². The van der Waals surface area contributed by atoms with Gasteiger partial charge in [-0.05, 0) is 55.0 Å². The fraction of sp³-hybridized carbons (Fsp3) is 0.263. The Hall–Kier alpha value is -2.78. The van der Waals surface area contributed by atoms with Crippen molar-refractivity contribution in [1.82, 2.24) is 9.80 Å². The van der Waals surface area contributed by atoms with Crippen LogP contribution in [0.25, 0.3) is 0 Å². The highest BCUT2D eigenvalue weighted by Gasteiger charge is 2.25. The quantitative estimate of drug-likeness (QED) is 0.788. The standard InChI is InChI=1S/C19H20FN3O4S/c1-13-10-15(12-16(20)11-13)19(25)23-8-6-22(7-9-23)18(24)14-2-4-17(5-3-14)21-28(26)27/h2-5,10-12,21H,6-9H2,1H3,(H,26,27)/p-1. The summed E-state index contributed by atoms with van der Waals surface area (Å²) in [5.41, 5.74) is 1.78. The Kier molecular flexibility index (Phi) is 6.05. The lowest BCUT2D eigenvalue weighted by Crippen LogP contribution is -2.50. The van der Waals surface area contributed by atoms with Crippen molar-refractivity contribution in [1.29, 1.82) is 0 Å². The lowest BCUT2D eigenvalue weighted by molar-refractivity contribution is 0.0535. The fourth-order valence-electron chi connectivity index (χ4n) is 3.11. The van der Waals surface area contributed by atoms with Crippen LogP contribution in [0.1, 0.15) is 26.3 Å². The molecule has 2 aromatic carbocycles. The van der Waals surface area contributed by atoms with Gasteiger partial charge in [-0.3, -0.25) is 13.8 Å². The number of aryl methyl sites for hydroxylation is 1. The molecule has 148 valence electrons. The summed E-state index contributed by atoms with van der Waals surface area (Å²) in [4.78, 5) is 28.4. The zero-order valence-corrected chi connectivity index (χ0v) is 16.0. The van der Waals surface area contributed by atoms with E-state index in [0.29, 0.717) is 48.6 Å². The first-order valence-corrected chi connectivity index (χ1v) is 9.73. The van der Waals surface area contributed by atoms with E-state index in [9.17, 15) is 22.7 Å². The second kappa shape index (κ2) is 8.49. The van der Waals surface area contributed by atoms with E-state index in [0.717, 1.165) is 0 Å². The number of hydrogen-bond donors (Lipinski definition) is 1. The number of benzene rings is 2. The maximum atomic E-state index is 13.5. The third kappa shape index (κ3) is 4.73. The van der Waals surface area contributed by atoms with E-state index in [1.807, 2.05) is 0 Å². The van der Waals surface area contributed by atoms with Gasteiger partial charge < -0.3 is 19.1 Å². The van der Waals surface area contributed by atoms with Crippen LogP contribution < -0.4 is 4.72 Å². The third-order valence-electron chi connectivity index (χ3n) is 4.48. The van der Waals surface area contributed by atoms with Gasteiger partial charge in [0.25, 0.3) is 11.8 Å². The first-order valence-electron chi connectivity index (χ1n) is 8.65. The normalized spacial score (nSPS) is 15.2. The van der Waals surface area contributed by atoms with Gasteiger partial charge in [-0.15, -0.1) is 0 Å². The van der Waals surface area contributed by atoms with Crippen molar-refractivity contribution in [2.75, 3.05) is 30.9 Å². The van der Waals surface area contributed by atoms with Gasteiger partial charge in [-0.25, -0.2) is 4.39 Å². The monoisotopic (exact) mass is 404 g/mol. The van der Waals surface area contributed by atoms with Crippen LogP contribution in [0.3, 0.4) is 0 Å². The highest BCUT2D eigenvalue weighted by atomic mass is 32.2. The van der Waals surface area contributed by atoms with Crippen LogP contribution in [0.5, 0.6) is 0 Å². The molecule has 1 aliphatic heterocycles. The molecule has 2 aromatic rings. The number of hydrogen-bond acceptors (Lipinski definition) is 4. The van der Waals surface area contributed by atoms with E-state index in [4.69, 9.17) is 0 Å². The van der Waals surface area contributed by atoms with Crippen LogP contribution in [0.15, 0.2) is 42.5 Å². The summed E-state index contributed by atoms with van der Waals surface area (Å²) in [6, 6.07) is 10.3. The van der Waals surface area contributed by atoms with Crippen LogP contribution >= 0.6 is 0 Å². The molecule has 0 saturated carbocycles. The van der Waals surface area contributed by atoms with Gasteiger partial charge in [0.05, 0.1) is 0 Å². The largest absolute Gasteiger partial charge is 0.755 e. The summed E-state index contributed by atoms with van der Waals surface area (Å²) in [5, 5.41) is 0. The van der Waals surface area contributed by atoms with E-state index >= 15 is 0 Å². The van der Waals surface area contributed by atoms with E-state index in [1.165, 1.54) is 24.3 Å². The van der Waals surface area contributed by atoms with Crippen LogP contribution in [-0.4, -0.2) is 56.6 Å². The molecule has 1 heterocycles. The average Bonchev–Trinajstić information content (AvgIpc) is 2.66. The Labute approximate surface area is 164 Å². The second-order valence-corrected chi connectivity index (χ2v) is 7.19. The number of nitrogens with one attached hydrogen (secondary N) is 1. The molecule has 1 atom stereocenters. The predicted octanol–water partition coefficient (Wildman–Crippen LogP) is 1.94. The molecular formula is C19H19FN3O4S-. The summed E-state index contributed by atoms with van der Waals surface area (Å²) >= 11 is -2.42. The summed E-state index contributed by atoms with van der Waals surface area (Å²) in [5.74, 6) is -0.893. The molecule has 2 amide bonds. The molecule has 1 aliphatic rings. The number of carbonyl (C=O) groups excluding carboxylic acids is 2. The topological polar surface area (TPSA) is 92.8 Å². The first kappa shape index (κ1) is 20.0. The maximum absolute atomic E-state index is 13.5. The molecular weight excluding hydrogens is 385 g/mol. The summed E-state index contributed by atoms with van der Waals surface area (Å²) in [6.07, 6.45) is 0. The van der Waals surface area contributed by atoms with Crippen molar-refractivity contribution in [2.24, 2.45) is 0 Å². The minimum absolute atomic E-state index is 0.191. The molecule has 0 bridgehead atoms. The zero-order chi connectivity index (χ0) is 20.3. The smallest absolute Gasteiger partial charge is 0.254 e. The molecule has 7 nitrogen and oxygen atoms in total. The Balaban J connectivity index is 1.60. The molecule has 1 saturated heterocycles. The van der Waals surface area contributed by atoms with Gasteiger partial charge in [0.1, 0.15) is 5.82 Å². The van der Waals surface area contributed by atoms with E-state index < -0.39 is 17.1 Å². The first-order chi connectivity index (χ1) is 13.3.